The van der Waals surface area contributed by atoms with E-state index in [1.807, 2.05) is 0 Å². The minimum Gasteiger partial charge on any atom is -0.465 e. The fraction of sp³-hybridized carbons (Fsp3) is 0.467. The van der Waals surface area contributed by atoms with E-state index >= 15 is 0 Å². The van der Waals surface area contributed by atoms with Crippen LogP contribution < -0.4 is 5.32 Å². The Labute approximate surface area is 137 Å². The van der Waals surface area contributed by atoms with Gasteiger partial charge in [-0.05, 0) is 38.5 Å². The van der Waals surface area contributed by atoms with Gasteiger partial charge >= 0.3 is 12.1 Å². The van der Waals surface area contributed by atoms with E-state index in [2.05, 4.69) is 26.0 Å². The summed E-state index contributed by atoms with van der Waals surface area (Å²) in [5.74, 6) is -0.465. The third-order valence-corrected chi connectivity index (χ3v) is 3.36. The van der Waals surface area contributed by atoms with E-state index in [-0.39, 0.29) is 6.61 Å². The molecule has 1 rings (SSSR count). The van der Waals surface area contributed by atoms with Crippen molar-refractivity contribution >= 4 is 28.0 Å². The summed E-state index contributed by atoms with van der Waals surface area (Å²) in [6, 6.07) is 4.11. The van der Waals surface area contributed by atoms with Gasteiger partial charge < -0.3 is 19.9 Å². The van der Waals surface area contributed by atoms with Crippen LogP contribution in [0.5, 0.6) is 0 Å². The van der Waals surface area contributed by atoms with E-state index in [1.165, 1.54) is 7.11 Å². The molecular formula is C15H20BrNO5. The molecule has 0 aliphatic heterocycles. The zero-order valence-electron chi connectivity index (χ0n) is 13.0. The number of methoxy groups -OCH3 is 1. The molecule has 1 atom stereocenters. The lowest BCUT2D eigenvalue weighted by molar-refractivity contribution is 0.0480. The fourth-order valence-corrected chi connectivity index (χ4v) is 2.38. The third-order valence-electron chi connectivity index (χ3n) is 2.67. The summed E-state index contributed by atoms with van der Waals surface area (Å²) in [6.07, 6.45) is -0.629. The van der Waals surface area contributed by atoms with Crippen LogP contribution in [0, 0.1) is 0 Å². The molecule has 0 aromatic heterocycles. The number of carbonyl (C=O) groups excluding carboxylic acids is 2. The maximum absolute atomic E-state index is 11.8. The summed E-state index contributed by atoms with van der Waals surface area (Å²) in [4.78, 5) is 23.3. The SMILES string of the molecule is COC(=O)c1ccc([C@@H](CO)NC(=O)OC(C)(C)C)c(Br)c1. The Morgan fingerprint density at radius 2 is 2.00 bits per heavy atom. The Balaban J connectivity index is 2.91. The van der Waals surface area contributed by atoms with Gasteiger partial charge in [0.1, 0.15) is 5.60 Å². The van der Waals surface area contributed by atoms with Crippen LogP contribution in [0.15, 0.2) is 22.7 Å². The largest absolute Gasteiger partial charge is 0.465 e. The zero-order chi connectivity index (χ0) is 16.9. The highest BCUT2D eigenvalue weighted by molar-refractivity contribution is 9.10. The van der Waals surface area contributed by atoms with Gasteiger partial charge in [-0.3, -0.25) is 0 Å². The number of esters is 1. The average Bonchev–Trinajstić information content (AvgIpc) is 2.42. The van der Waals surface area contributed by atoms with Gasteiger partial charge in [0.15, 0.2) is 0 Å². The minimum absolute atomic E-state index is 0.310. The Bertz CT molecular complexity index is 553. The first kappa shape index (κ1) is 18.4. The first-order chi connectivity index (χ1) is 10.2. The first-order valence-electron chi connectivity index (χ1n) is 6.66. The molecule has 0 radical (unpaired) electrons. The van der Waals surface area contributed by atoms with Crippen molar-refractivity contribution in [3.05, 3.63) is 33.8 Å². The summed E-state index contributed by atoms with van der Waals surface area (Å²) in [6.45, 7) is 4.94. The molecule has 0 saturated heterocycles. The molecule has 0 heterocycles. The number of halogens is 1. The number of nitrogens with one attached hydrogen (secondary N) is 1. The van der Waals surface area contributed by atoms with Crippen molar-refractivity contribution < 1.29 is 24.2 Å². The van der Waals surface area contributed by atoms with Crippen molar-refractivity contribution in [2.24, 2.45) is 0 Å². The van der Waals surface area contributed by atoms with Crippen LogP contribution in [0.2, 0.25) is 0 Å². The predicted octanol–water partition coefficient (Wildman–Crippen LogP) is 2.79. The van der Waals surface area contributed by atoms with Crippen LogP contribution in [-0.4, -0.2) is 36.5 Å². The molecule has 1 aromatic carbocycles. The average molecular weight is 374 g/mol. The van der Waals surface area contributed by atoms with Gasteiger partial charge in [0.2, 0.25) is 0 Å². The van der Waals surface area contributed by atoms with Gasteiger partial charge in [0.25, 0.3) is 0 Å². The van der Waals surface area contributed by atoms with E-state index in [1.54, 1.807) is 39.0 Å². The lowest BCUT2D eigenvalue weighted by Crippen LogP contribution is -2.36. The van der Waals surface area contributed by atoms with Crippen molar-refractivity contribution in [1.82, 2.24) is 5.32 Å². The van der Waals surface area contributed by atoms with E-state index in [4.69, 9.17) is 4.74 Å². The summed E-state index contributed by atoms with van der Waals surface area (Å²) < 4.78 is 10.4. The van der Waals surface area contributed by atoms with E-state index in [9.17, 15) is 14.7 Å². The number of carbonyl (C=O) groups is 2. The first-order valence-corrected chi connectivity index (χ1v) is 7.45. The van der Waals surface area contributed by atoms with Gasteiger partial charge in [0, 0.05) is 4.47 Å². The van der Waals surface area contributed by atoms with E-state index in [0.29, 0.717) is 15.6 Å². The summed E-state index contributed by atoms with van der Waals surface area (Å²) >= 11 is 3.33. The number of benzene rings is 1. The molecule has 0 saturated carbocycles. The molecule has 2 N–H and O–H groups in total. The molecule has 1 amide bonds. The second-order valence-corrected chi connectivity index (χ2v) is 6.46. The van der Waals surface area contributed by atoms with Crippen molar-refractivity contribution in [1.29, 1.82) is 0 Å². The molecule has 0 aliphatic carbocycles. The molecule has 122 valence electrons. The Kier molecular flexibility index (Phi) is 6.37. The number of alkyl carbamates (subject to hydrolysis) is 1. The van der Waals surface area contributed by atoms with E-state index < -0.39 is 23.7 Å². The van der Waals surface area contributed by atoms with E-state index in [0.717, 1.165) is 0 Å². The Morgan fingerprint density at radius 1 is 1.36 bits per heavy atom. The number of amides is 1. The molecule has 0 fully saturated rings. The van der Waals surface area contributed by atoms with Crippen LogP contribution in [0.25, 0.3) is 0 Å². The number of rotatable bonds is 4. The van der Waals surface area contributed by atoms with Crippen molar-refractivity contribution in [2.75, 3.05) is 13.7 Å². The fourth-order valence-electron chi connectivity index (χ4n) is 1.73. The minimum atomic E-state index is -0.657. The Hall–Kier alpha value is -1.60. The van der Waals surface area contributed by atoms with Crippen LogP contribution >= 0.6 is 15.9 Å². The zero-order valence-corrected chi connectivity index (χ0v) is 14.6. The normalized spacial score (nSPS) is 12.5. The van der Waals surface area contributed by atoms with Crippen molar-refractivity contribution in [3.8, 4) is 0 Å². The van der Waals surface area contributed by atoms with Crippen molar-refractivity contribution in [3.63, 3.8) is 0 Å². The number of aliphatic hydroxyl groups excluding tert-OH is 1. The van der Waals surface area contributed by atoms with Gasteiger partial charge in [0.05, 0.1) is 25.3 Å². The molecule has 7 heteroatoms. The topological polar surface area (TPSA) is 84.9 Å². The summed E-state index contributed by atoms with van der Waals surface area (Å²) in [5, 5.41) is 12.1. The molecule has 0 bridgehead atoms. The quantitative estimate of drug-likeness (QED) is 0.792. The highest BCUT2D eigenvalue weighted by Gasteiger charge is 2.22. The molecule has 6 nitrogen and oxygen atoms in total. The summed E-state index contributed by atoms with van der Waals surface area (Å²) in [5.41, 5.74) is 0.365. The highest BCUT2D eigenvalue weighted by Crippen LogP contribution is 2.25. The van der Waals surface area contributed by atoms with Gasteiger partial charge in [-0.15, -0.1) is 0 Å². The Morgan fingerprint density at radius 3 is 2.45 bits per heavy atom. The van der Waals surface area contributed by atoms with Crippen LogP contribution in [0.4, 0.5) is 4.79 Å². The van der Waals surface area contributed by atoms with Crippen LogP contribution in [0.3, 0.4) is 0 Å². The lowest BCUT2D eigenvalue weighted by atomic mass is 10.1. The molecule has 1 aromatic rings. The molecule has 0 aliphatic rings. The number of hydrogen-bond acceptors (Lipinski definition) is 5. The predicted molar refractivity (Wildman–Crippen MR) is 84.7 cm³/mol. The highest BCUT2D eigenvalue weighted by atomic mass is 79.9. The smallest absolute Gasteiger partial charge is 0.408 e. The molecular weight excluding hydrogens is 354 g/mol. The number of aliphatic hydroxyl groups is 1. The second kappa shape index (κ2) is 7.60. The van der Waals surface area contributed by atoms with Crippen LogP contribution in [-0.2, 0) is 9.47 Å². The maximum Gasteiger partial charge on any atom is 0.408 e. The van der Waals surface area contributed by atoms with Gasteiger partial charge in [-0.2, -0.15) is 0 Å². The van der Waals surface area contributed by atoms with Gasteiger partial charge in [-0.25, -0.2) is 9.59 Å². The second-order valence-electron chi connectivity index (χ2n) is 5.61. The maximum atomic E-state index is 11.8. The number of ether oxygens (including phenoxy) is 2. The number of hydrogen-bond donors (Lipinski definition) is 2. The standard InChI is InChI=1S/C15H20BrNO5/c1-15(2,3)22-14(20)17-12(8-18)10-6-5-9(7-11(10)16)13(19)21-4/h5-7,12,18H,8H2,1-4H3,(H,17,20)/t12-/m1/s1. The monoisotopic (exact) mass is 373 g/mol. The molecule has 22 heavy (non-hydrogen) atoms. The molecule has 0 unspecified atom stereocenters. The van der Waals surface area contributed by atoms with Gasteiger partial charge in [-0.1, -0.05) is 22.0 Å². The van der Waals surface area contributed by atoms with Crippen LogP contribution in [0.1, 0.15) is 42.7 Å². The summed E-state index contributed by atoms with van der Waals surface area (Å²) in [7, 11) is 1.30. The van der Waals surface area contributed by atoms with Crippen molar-refractivity contribution in [2.45, 2.75) is 32.4 Å². The molecule has 0 spiro atoms. The lowest BCUT2D eigenvalue weighted by Gasteiger charge is -2.23. The third kappa shape index (κ3) is 5.31.